The quantitative estimate of drug-likeness (QED) is 0.388. The summed E-state index contributed by atoms with van der Waals surface area (Å²) in [4.78, 5) is 20.4. The van der Waals surface area contributed by atoms with Crippen LogP contribution < -0.4 is 5.56 Å². The van der Waals surface area contributed by atoms with Crippen molar-refractivity contribution in [1.29, 1.82) is 0 Å². The average Bonchev–Trinajstić information content (AvgIpc) is 3.46. The lowest BCUT2D eigenvalue weighted by Crippen LogP contribution is -2.37. The highest BCUT2D eigenvalue weighted by Crippen LogP contribution is 2.32. The smallest absolute Gasteiger partial charge is 0.261 e. The summed E-state index contributed by atoms with van der Waals surface area (Å²) in [6, 6.07) is 15.8. The lowest BCUT2D eigenvalue weighted by atomic mass is 9.96. The Hall–Kier alpha value is -3.43. The Labute approximate surface area is 200 Å². The van der Waals surface area contributed by atoms with E-state index in [1.807, 2.05) is 40.9 Å². The molecule has 0 atom stereocenters. The molecule has 1 aliphatic heterocycles. The highest BCUT2D eigenvalue weighted by Gasteiger charge is 2.26. The van der Waals surface area contributed by atoms with Gasteiger partial charge in [-0.25, -0.2) is 4.98 Å². The van der Waals surface area contributed by atoms with Crippen LogP contribution in [0.4, 0.5) is 0 Å². The minimum Gasteiger partial charge on any atom is -0.302 e. The molecule has 0 spiro atoms. The van der Waals surface area contributed by atoms with E-state index in [0.29, 0.717) is 17.8 Å². The number of benzene rings is 2. The molecule has 0 aliphatic carbocycles. The van der Waals surface area contributed by atoms with Crippen LogP contribution in [-0.4, -0.2) is 53.9 Å². The fraction of sp³-hybridized carbons (Fsp3) is 0.320. The number of piperidine rings is 1. The Morgan fingerprint density at radius 1 is 1.00 bits per heavy atom. The topological polar surface area (TPSA) is 81.2 Å². The molecule has 4 heterocycles. The number of rotatable bonds is 5. The second-order valence-corrected chi connectivity index (χ2v) is 9.81. The van der Waals surface area contributed by atoms with Crippen LogP contribution in [0.3, 0.4) is 0 Å². The summed E-state index contributed by atoms with van der Waals surface area (Å²) in [6.07, 6.45) is 3.67. The van der Waals surface area contributed by atoms with Crippen molar-refractivity contribution in [1.82, 2.24) is 34.3 Å². The summed E-state index contributed by atoms with van der Waals surface area (Å²) in [5, 5.41) is 15.4. The molecule has 6 rings (SSSR count). The molecule has 0 amide bonds. The van der Waals surface area contributed by atoms with E-state index >= 15 is 0 Å². The fourth-order valence-corrected chi connectivity index (χ4v) is 5.67. The number of nitrogens with zero attached hydrogens (tertiary/aromatic N) is 7. The highest BCUT2D eigenvalue weighted by molar-refractivity contribution is 7.19. The SMILES string of the molecule is Cc1ccccc1-c1nn2c(C3CCN(CCn4cnc5ccccc5c4=O)CC3)nnc2s1. The van der Waals surface area contributed by atoms with E-state index in [2.05, 4.69) is 39.1 Å². The van der Waals surface area contributed by atoms with Crippen LogP contribution in [0.1, 0.15) is 30.1 Å². The third-order valence-electron chi connectivity index (χ3n) is 6.73. The molecule has 1 saturated heterocycles. The van der Waals surface area contributed by atoms with Gasteiger partial charge in [-0.1, -0.05) is 47.7 Å². The molecule has 8 nitrogen and oxygen atoms in total. The molecule has 0 N–H and O–H groups in total. The van der Waals surface area contributed by atoms with Crippen molar-refractivity contribution in [3.8, 4) is 10.6 Å². The molecule has 0 saturated carbocycles. The van der Waals surface area contributed by atoms with Gasteiger partial charge in [0.15, 0.2) is 5.82 Å². The van der Waals surface area contributed by atoms with Gasteiger partial charge in [0.25, 0.3) is 5.56 Å². The Balaban J connectivity index is 1.13. The Kier molecular flexibility index (Phi) is 5.43. The minimum absolute atomic E-state index is 0.0272. The molecule has 172 valence electrons. The van der Waals surface area contributed by atoms with Crippen LogP contribution in [0.5, 0.6) is 0 Å². The zero-order valence-corrected chi connectivity index (χ0v) is 19.8. The van der Waals surface area contributed by atoms with Gasteiger partial charge in [0.2, 0.25) is 4.96 Å². The third-order valence-corrected chi connectivity index (χ3v) is 7.66. The zero-order valence-electron chi connectivity index (χ0n) is 19.0. The summed E-state index contributed by atoms with van der Waals surface area (Å²) in [5.41, 5.74) is 3.14. The number of hydrogen-bond acceptors (Lipinski definition) is 7. The molecular weight excluding hydrogens is 446 g/mol. The fourth-order valence-electron chi connectivity index (χ4n) is 4.74. The summed E-state index contributed by atoms with van der Waals surface area (Å²) < 4.78 is 3.66. The van der Waals surface area contributed by atoms with Gasteiger partial charge in [-0.15, -0.1) is 10.2 Å². The number of fused-ring (bicyclic) bond motifs is 2. The van der Waals surface area contributed by atoms with Gasteiger partial charge in [0.1, 0.15) is 5.01 Å². The van der Waals surface area contributed by atoms with Gasteiger partial charge in [-0.2, -0.15) is 9.61 Å². The first-order chi connectivity index (χ1) is 16.7. The first-order valence-electron chi connectivity index (χ1n) is 11.6. The highest BCUT2D eigenvalue weighted by atomic mass is 32.1. The minimum atomic E-state index is 0.0272. The van der Waals surface area contributed by atoms with Crippen molar-refractivity contribution >= 4 is 27.2 Å². The van der Waals surface area contributed by atoms with Crippen molar-refractivity contribution in [3.05, 3.63) is 76.6 Å². The van der Waals surface area contributed by atoms with Crippen LogP contribution in [-0.2, 0) is 6.54 Å². The second-order valence-electron chi connectivity index (χ2n) is 8.85. The normalized spacial score (nSPS) is 15.4. The van der Waals surface area contributed by atoms with Crippen LogP contribution in [0, 0.1) is 6.92 Å². The molecule has 0 unspecified atom stereocenters. The molecule has 0 bridgehead atoms. The lowest BCUT2D eigenvalue weighted by Gasteiger charge is -2.30. The standard InChI is InChI=1S/C25H25N7OS/c1-17-6-2-3-7-19(17)23-29-32-22(27-28-25(32)34-23)18-10-12-30(13-11-18)14-15-31-16-26-21-9-5-4-8-20(21)24(31)33/h2-9,16,18H,10-15H2,1H3. The zero-order chi connectivity index (χ0) is 23.1. The first kappa shape index (κ1) is 21.1. The molecule has 1 fully saturated rings. The monoisotopic (exact) mass is 471 g/mol. The molecule has 2 aromatic carbocycles. The van der Waals surface area contributed by atoms with Crippen LogP contribution in [0.25, 0.3) is 26.4 Å². The largest absolute Gasteiger partial charge is 0.302 e. The van der Waals surface area contributed by atoms with E-state index in [-0.39, 0.29) is 5.56 Å². The Bertz CT molecular complexity index is 1530. The summed E-state index contributed by atoms with van der Waals surface area (Å²) in [5.74, 6) is 1.30. The molecular formula is C25H25N7OS. The predicted molar refractivity (Wildman–Crippen MR) is 133 cm³/mol. The lowest BCUT2D eigenvalue weighted by molar-refractivity contribution is 0.201. The Morgan fingerprint density at radius 3 is 2.65 bits per heavy atom. The van der Waals surface area contributed by atoms with Gasteiger partial charge in [-0.05, 0) is 50.6 Å². The Morgan fingerprint density at radius 2 is 1.79 bits per heavy atom. The van der Waals surface area contributed by atoms with E-state index in [9.17, 15) is 4.79 Å². The maximum Gasteiger partial charge on any atom is 0.261 e. The van der Waals surface area contributed by atoms with Gasteiger partial charge < -0.3 is 4.90 Å². The first-order valence-corrected chi connectivity index (χ1v) is 12.4. The molecule has 1 aliphatic rings. The third kappa shape index (κ3) is 3.80. The van der Waals surface area contributed by atoms with E-state index in [1.165, 1.54) is 5.56 Å². The maximum absolute atomic E-state index is 12.7. The van der Waals surface area contributed by atoms with Crippen molar-refractivity contribution in [3.63, 3.8) is 0 Å². The number of aryl methyl sites for hydroxylation is 1. The van der Waals surface area contributed by atoms with Crippen LogP contribution in [0.2, 0.25) is 0 Å². The van der Waals surface area contributed by atoms with Crippen molar-refractivity contribution in [2.45, 2.75) is 32.2 Å². The van der Waals surface area contributed by atoms with Crippen molar-refractivity contribution in [2.24, 2.45) is 0 Å². The van der Waals surface area contributed by atoms with E-state index in [4.69, 9.17) is 5.10 Å². The molecule has 34 heavy (non-hydrogen) atoms. The van der Waals surface area contributed by atoms with Gasteiger partial charge in [-0.3, -0.25) is 9.36 Å². The molecule has 0 radical (unpaired) electrons. The average molecular weight is 472 g/mol. The van der Waals surface area contributed by atoms with Gasteiger partial charge in [0, 0.05) is 24.6 Å². The maximum atomic E-state index is 12.7. The number of para-hydroxylation sites is 1. The van der Waals surface area contributed by atoms with Crippen molar-refractivity contribution < 1.29 is 0 Å². The number of hydrogen-bond donors (Lipinski definition) is 0. The number of likely N-dealkylation sites (tertiary alicyclic amines) is 1. The van der Waals surface area contributed by atoms with E-state index < -0.39 is 0 Å². The van der Waals surface area contributed by atoms with E-state index in [1.54, 1.807) is 22.2 Å². The molecule has 3 aromatic heterocycles. The van der Waals surface area contributed by atoms with Gasteiger partial charge >= 0.3 is 0 Å². The summed E-state index contributed by atoms with van der Waals surface area (Å²) in [6.45, 7) is 5.50. The molecule has 5 aromatic rings. The van der Waals surface area contributed by atoms with Crippen LogP contribution in [0.15, 0.2) is 59.7 Å². The van der Waals surface area contributed by atoms with Gasteiger partial charge in [0.05, 0.1) is 17.2 Å². The second kappa shape index (κ2) is 8.73. The van der Waals surface area contributed by atoms with Crippen molar-refractivity contribution in [2.75, 3.05) is 19.6 Å². The molecule has 9 heteroatoms. The summed E-state index contributed by atoms with van der Waals surface area (Å²) >= 11 is 1.59. The summed E-state index contributed by atoms with van der Waals surface area (Å²) in [7, 11) is 0. The number of aromatic nitrogens is 6. The predicted octanol–water partition coefficient (Wildman–Crippen LogP) is 3.75. The van der Waals surface area contributed by atoms with E-state index in [0.717, 1.165) is 59.3 Å². The van der Waals surface area contributed by atoms with Crippen LogP contribution >= 0.6 is 11.3 Å².